The van der Waals surface area contributed by atoms with Gasteiger partial charge in [-0.1, -0.05) is 0 Å². The Morgan fingerprint density at radius 3 is 3.10 bits per heavy atom. The van der Waals surface area contributed by atoms with E-state index < -0.39 is 5.60 Å². The van der Waals surface area contributed by atoms with Crippen molar-refractivity contribution in [1.82, 2.24) is 15.5 Å². The summed E-state index contributed by atoms with van der Waals surface area (Å²) in [5.41, 5.74) is 1.27. The molecule has 0 aromatic carbocycles. The van der Waals surface area contributed by atoms with E-state index in [9.17, 15) is 9.90 Å². The first-order valence-electron chi connectivity index (χ1n) is 7.18. The molecule has 1 aliphatic carbocycles. The SMILES string of the molecule is CC(O)(CNC(=O)c1n[nH]c2c1CCCC2)c1ccco1. The molecule has 1 amide bonds. The normalized spacial score (nSPS) is 17.0. The number of rotatable bonds is 4. The predicted molar refractivity (Wildman–Crippen MR) is 75.8 cm³/mol. The molecule has 21 heavy (non-hydrogen) atoms. The quantitative estimate of drug-likeness (QED) is 0.796. The number of nitrogens with zero attached hydrogens (tertiary/aromatic N) is 1. The average Bonchev–Trinajstić information content (AvgIpc) is 3.14. The number of aliphatic hydroxyl groups is 1. The number of fused-ring (bicyclic) bond motifs is 1. The molecular formula is C15H19N3O3. The smallest absolute Gasteiger partial charge is 0.272 e. The van der Waals surface area contributed by atoms with Crippen LogP contribution >= 0.6 is 0 Å². The summed E-state index contributed by atoms with van der Waals surface area (Å²) in [4.78, 5) is 12.3. The van der Waals surface area contributed by atoms with Crippen LogP contribution in [-0.2, 0) is 18.4 Å². The Morgan fingerprint density at radius 2 is 2.33 bits per heavy atom. The van der Waals surface area contributed by atoms with Gasteiger partial charge in [0.25, 0.3) is 5.91 Å². The number of furan rings is 1. The van der Waals surface area contributed by atoms with Crippen molar-refractivity contribution in [3.05, 3.63) is 41.1 Å². The molecule has 0 radical (unpaired) electrons. The van der Waals surface area contributed by atoms with Gasteiger partial charge in [0, 0.05) is 11.3 Å². The van der Waals surface area contributed by atoms with Crippen molar-refractivity contribution < 1.29 is 14.3 Å². The van der Waals surface area contributed by atoms with Crippen molar-refractivity contribution >= 4 is 5.91 Å². The molecule has 1 aliphatic rings. The predicted octanol–water partition coefficient (Wildman–Crippen LogP) is 1.52. The number of aromatic nitrogens is 2. The van der Waals surface area contributed by atoms with E-state index in [1.807, 2.05) is 0 Å². The average molecular weight is 289 g/mol. The molecule has 0 fully saturated rings. The van der Waals surface area contributed by atoms with Gasteiger partial charge >= 0.3 is 0 Å². The van der Waals surface area contributed by atoms with Crippen LogP contribution in [0.2, 0.25) is 0 Å². The minimum Gasteiger partial charge on any atom is -0.466 e. The molecule has 3 rings (SSSR count). The molecule has 0 bridgehead atoms. The minimum absolute atomic E-state index is 0.0704. The van der Waals surface area contributed by atoms with Crippen LogP contribution in [0.1, 0.15) is 47.3 Å². The monoisotopic (exact) mass is 289 g/mol. The van der Waals surface area contributed by atoms with Crippen molar-refractivity contribution in [1.29, 1.82) is 0 Å². The Balaban J connectivity index is 1.68. The second-order valence-electron chi connectivity index (χ2n) is 5.67. The molecule has 2 aromatic rings. The molecule has 112 valence electrons. The van der Waals surface area contributed by atoms with Gasteiger partial charge in [0.1, 0.15) is 11.4 Å². The molecule has 1 atom stereocenters. The Labute approximate surface area is 122 Å². The van der Waals surface area contributed by atoms with E-state index in [1.54, 1.807) is 19.1 Å². The highest BCUT2D eigenvalue weighted by molar-refractivity contribution is 5.94. The van der Waals surface area contributed by atoms with Crippen LogP contribution in [0.5, 0.6) is 0 Å². The van der Waals surface area contributed by atoms with Crippen LogP contribution in [0, 0.1) is 0 Å². The van der Waals surface area contributed by atoms with Crippen LogP contribution in [0.15, 0.2) is 22.8 Å². The fourth-order valence-electron chi connectivity index (χ4n) is 2.68. The summed E-state index contributed by atoms with van der Waals surface area (Å²) in [6, 6.07) is 3.39. The Bertz CT molecular complexity index is 629. The Hall–Kier alpha value is -2.08. The summed E-state index contributed by atoms with van der Waals surface area (Å²) >= 11 is 0. The maximum Gasteiger partial charge on any atom is 0.272 e. The largest absolute Gasteiger partial charge is 0.466 e. The number of aryl methyl sites for hydroxylation is 1. The number of nitrogens with one attached hydrogen (secondary N) is 2. The highest BCUT2D eigenvalue weighted by atomic mass is 16.4. The number of carbonyl (C=O) groups is 1. The maximum atomic E-state index is 12.3. The van der Waals surface area contributed by atoms with E-state index >= 15 is 0 Å². The third kappa shape index (κ3) is 2.71. The number of amides is 1. The molecule has 2 aromatic heterocycles. The highest BCUT2D eigenvalue weighted by Crippen LogP contribution is 2.23. The van der Waals surface area contributed by atoms with Crippen molar-refractivity contribution in [2.75, 3.05) is 6.54 Å². The van der Waals surface area contributed by atoms with Gasteiger partial charge in [-0.15, -0.1) is 0 Å². The first kappa shape index (κ1) is 13.9. The Morgan fingerprint density at radius 1 is 1.52 bits per heavy atom. The van der Waals surface area contributed by atoms with Crippen LogP contribution < -0.4 is 5.32 Å². The van der Waals surface area contributed by atoms with E-state index in [4.69, 9.17) is 4.42 Å². The van der Waals surface area contributed by atoms with E-state index in [2.05, 4.69) is 15.5 Å². The van der Waals surface area contributed by atoms with Crippen LogP contribution in [-0.4, -0.2) is 27.8 Å². The standard InChI is InChI=1S/C15H19N3O3/c1-15(20,12-7-4-8-21-12)9-16-14(19)13-10-5-2-3-6-11(10)17-18-13/h4,7-8,20H,2-3,5-6,9H2,1H3,(H,16,19)(H,17,18). The third-order valence-corrected chi connectivity index (χ3v) is 3.92. The maximum absolute atomic E-state index is 12.3. The van der Waals surface area contributed by atoms with Gasteiger partial charge in [0.15, 0.2) is 5.69 Å². The summed E-state index contributed by atoms with van der Waals surface area (Å²) in [7, 11) is 0. The molecule has 0 spiro atoms. The molecule has 6 heteroatoms. The lowest BCUT2D eigenvalue weighted by atomic mass is 9.95. The number of aromatic amines is 1. The second kappa shape index (κ2) is 5.37. The summed E-state index contributed by atoms with van der Waals surface area (Å²) in [5.74, 6) is 0.160. The number of hydrogen-bond acceptors (Lipinski definition) is 4. The Kier molecular flexibility index (Phi) is 3.55. The van der Waals surface area contributed by atoms with Crippen molar-refractivity contribution in [3.8, 4) is 0 Å². The zero-order chi connectivity index (χ0) is 14.9. The molecule has 0 saturated heterocycles. The van der Waals surface area contributed by atoms with Gasteiger partial charge in [-0.2, -0.15) is 5.10 Å². The van der Waals surface area contributed by atoms with E-state index in [0.29, 0.717) is 11.5 Å². The summed E-state index contributed by atoms with van der Waals surface area (Å²) in [6.07, 6.45) is 5.53. The number of H-pyrrole nitrogens is 1. The summed E-state index contributed by atoms with van der Waals surface area (Å²) in [6.45, 7) is 1.67. The minimum atomic E-state index is -1.24. The number of carbonyl (C=O) groups excluding carboxylic acids is 1. The topological polar surface area (TPSA) is 91.1 Å². The van der Waals surface area contributed by atoms with Crippen LogP contribution in [0.4, 0.5) is 0 Å². The van der Waals surface area contributed by atoms with E-state index in [1.165, 1.54) is 6.26 Å². The lowest BCUT2D eigenvalue weighted by molar-refractivity contribution is 0.0329. The lowest BCUT2D eigenvalue weighted by Crippen LogP contribution is -2.38. The van der Waals surface area contributed by atoms with Gasteiger partial charge in [0.2, 0.25) is 0 Å². The van der Waals surface area contributed by atoms with Crippen LogP contribution in [0.25, 0.3) is 0 Å². The zero-order valence-electron chi connectivity index (χ0n) is 12.0. The first-order chi connectivity index (χ1) is 10.1. The van der Waals surface area contributed by atoms with Crippen molar-refractivity contribution in [2.45, 2.75) is 38.2 Å². The third-order valence-electron chi connectivity index (χ3n) is 3.92. The fourth-order valence-corrected chi connectivity index (χ4v) is 2.68. The van der Waals surface area contributed by atoms with Crippen molar-refractivity contribution in [3.63, 3.8) is 0 Å². The second-order valence-corrected chi connectivity index (χ2v) is 5.67. The molecular weight excluding hydrogens is 270 g/mol. The number of hydrogen-bond donors (Lipinski definition) is 3. The van der Waals surface area contributed by atoms with E-state index in [0.717, 1.165) is 36.9 Å². The summed E-state index contributed by atoms with van der Waals surface area (Å²) < 4.78 is 5.19. The van der Waals surface area contributed by atoms with E-state index in [-0.39, 0.29) is 12.5 Å². The van der Waals surface area contributed by atoms with Gasteiger partial charge < -0.3 is 14.8 Å². The van der Waals surface area contributed by atoms with Gasteiger partial charge in [-0.05, 0) is 44.7 Å². The highest BCUT2D eigenvalue weighted by Gasteiger charge is 2.28. The molecule has 0 saturated carbocycles. The molecule has 1 unspecified atom stereocenters. The van der Waals surface area contributed by atoms with Gasteiger partial charge in [-0.3, -0.25) is 9.89 Å². The van der Waals surface area contributed by atoms with Crippen LogP contribution in [0.3, 0.4) is 0 Å². The first-order valence-corrected chi connectivity index (χ1v) is 7.18. The van der Waals surface area contributed by atoms with Gasteiger partial charge in [-0.25, -0.2) is 0 Å². The molecule has 3 N–H and O–H groups in total. The van der Waals surface area contributed by atoms with Gasteiger partial charge in [0.05, 0.1) is 12.8 Å². The van der Waals surface area contributed by atoms with Crippen molar-refractivity contribution in [2.24, 2.45) is 0 Å². The molecule has 0 aliphatic heterocycles. The fraction of sp³-hybridized carbons (Fsp3) is 0.467. The molecule has 2 heterocycles. The molecule has 6 nitrogen and oxygen atoms in total. The lowest BCUT2D eigenvalue weighted by Gasteiger charge is -2.21. The zero-order valence-corrected chi connectivity index (χ0v) is 12.0. The summed E-state index contributed by atoms with van der Waals surface area (Å²) in [5, 5.41) is 20.1.